The number of carbonyl (C=O) groups excluding carboxylic acids is 1. The number of ketones is 1. The van der Waals surface area contributed by atoms with Gasteiger partial charge in [-0.25, -0.2) is 0 Å². The van der Waals surface area contributed by atoms with Crippen LogP contribution in [0.4, 0.5) is 0 Å². The zero-order chi connectivity index (χ0) is 14.0. The summed E-state index contributed by atoms with van der Waals surface area (Å²) in [6.07, 6.45) is 5.56. The Balaban J connectivity index is 1.52. The Morgan fingerprint density at radius 1 is 1.35 bits per heavy atom. The first kappa shape index (κ1) is 13.6. The lowest BCUT2D eigenvalue weighted by molar-refractivity contribution is -0.266. The molecular weight excluding hydrogens is 276 g/mol. The Bertz CT molecular complexity index is 436. The molecule has 0 amide bonds. The van der Waals surface area contributed by atoms with E-state index < -0.39 is 17.7 Å². The number of aliphatic hydroxyl groups is 1. The van der Waals surface area contributed by atoms with Gasteiger partial charge >= 0.3 is 0 Å². The number of rotatable bonds is 3. The number of carbonyl (C=O) groups is 1. The predicted molar refractivity (Wildman–Crippen MR) is 75.2 cm³/mol. The van der Waals surface area contributed by atoms with Gasteiger partial charge in [-0.05, 0) is 19.8 Å². The van der Waals surface area contributed by atoms with Crippen molar-refractivity contribution in [3.8, 4) is 0 Å². The Hall–Kier alpha value is -0.100. The molecule has 4 aliphatic rings. The summed E-state index contributed by atoms with van der Waals surface area (Å²) < 4.78 is 11.7. The third kappa shape index (κ3) is 1.83. The molecule has 112 valence electrons. The second-order valence-corrected chi connectivity index (χ2v) is 8.31. The second kappa shape index (κ2) is 4.45. The number of hydrogen-bond donors (Lipinski definition) is 1. The summed E-state index contributed by atoms with van der Waals surface area (Å²) in [7, 11) is 0. The van der Waals surface area contributed by atoms with Crippen LogP contribution in [-0.2, 0) is 14.3 Å². The van der Waals surface area contributed by atoms with Crippen LogP contribution in [0.1, 0.15) is 45.4 Å². The molecule has 5 atom stereocenters. The summed E-state index contributed by atoms with van der Waals surface area (Å²) in [5.74, 6) is -0.0521. The van der Waals surface area contributed by atoms with Crippen molar-refractivity contribution in [2.45, 2.75) is 68.4 Å². The summed E-state index contributed by atoms with van der Waals surface area (Å²) in [5.41, 5.74) is -0.835. The van der Waals surface area contributed by atoms with E-state index in [1.165, 1.54) is 25.7 Å². The molecule has 2 saturated heterocycles. The van der Waals surface area contributed by atoms with E-state index in [-0.39, 0.29) is 24.0 Å². The highest BCUT2D eigenvalue weighted by Crippen LogP contribution is 2.56. The molecule has 5 heteroatoms. The van der Waals surface area contributed by atoms with Gasteiger partial charge < -0.3 is 14.6 Å². The lowest BCUT2D eigenvalue weighted by Crippen LogP contribution is -2.59. The van der Waals surface area contributed by atoms with Gasteiger partial charge in [0.1, 0.15) is 11.4 Å². The van der Waals surface area contributed by atoms with Gasteiger partial charge in [0.05, 0.1) is 0 Å². The predicted octanol–water partition coefficient (Wildman–Crippen LogP) is 2.09. The van der Waals surface area contributed by atoms with E-state index in [4.69, 9.17) is 9.47 Å². The molecule has 0 aromatic rings. The molecule has 3 bridgehead atoms. The fourth-order valence-electron chi connectivity index (χ4n) is 4.26. The fourth-order valence-corrected chi connectivity index (χ4v) is 5.81. The molecule has 0 aromatic heterocycles. The molecule has 20 heavy (non-hydrogen) atoms. The fraction of sp³-hybridized carbons (Fsp3) is 0.933. The van der Waals surface area contributed by atoms with E-state index in [1.54, 1.807) is 0 Å². The van der Waals surface area contributed by atoms with Crippen LogP contribution >= 0.6 is 11.8 Å². The SMILES string of the molecule is C[C@]12CC(=O)[C@@H]3C[C@@]1(O)O[C@H](O2)C3CSC1CCCC1. The largest absolute Gasteiger partial charge is 0.363 e. The van der Waals surface area contributed by atoms with Gasteiger partial charge in [-0.1, -0.05) is 12.8 Å². The van der Waals surface area contributed by atoms with Gasteiger partial charge in [-0.3, -0.25) is 4.79 Å². The summed E-state index contributed by atoms with van der Waals surface area (Å²) in [4.78, 5) is 12.3. The van der Waals surface area contributed by atoms with Crippen LogP contribution in [0, 0.1) is 11.8 Å². The van der Waals surface area contributed by atoms with Crippen LogP contribution in [0.3, 0.4) is 0 Å². The Kier molecular flexibility index (Phi) is 3.01. The number of hydrogen-bond acceptors (Lipinski definition) is 5. The summed E-state index contributed by atoms with van der Waals surface area (Å²) >= 11 is 1.97. The average molecular weight is 298 g/mol. The summed E-state index contributed by atoms with van der Waals surface area (Å²) in [5, 5.41) is 11.3. The highest BCUT2D eigenvalue weighted by molar-refractivity contribution is 7.99. The van der Waals surface area contributed by atoms with E-state index in [9.17, 15) is 9.90 Å². The topological polar surface area (TPSA) is 55.8 Å². The maximum absolute atomic E-state index is 12.3. The maximum atomic E-state index is 12.3. The van der Waals surface area contributed by atoms with Crippen molar-refractivity contribution < 1.29 is 19.4 Å². The van der Waals surface area contributed by atoms with E-state index in [2.05, 4.69) is 0 Å². The van der Waals surface area contributed by atoms with E-state index in [0.717, 1.165) is 11.0 Å². The van der Waals surface area contributed by atoms with E-state index in [1.807, 2.05) is 18.7 Å². The molecule has 2 heterocycles. The standard InChI is InChI=1S/C15H22O4S/c1-14-7-12(16)10-6-15(14,17)19-13(18-14)11(10)8-20-9-4-2-3-5-9/h9-11,13,17H,2-8H2,1H3/t10-,11?,13+,14+,15-/m1/s1. The van der Waals surface area contributed by atoms with Crippen LogP contribution in [0.2, 0.25) is 0 Å². The van der Waals surface area contributed by atoms with Crippen LogP contribution in [0.15, 0.2) is 0 Å². The normalized spacial score (nSPS) is 51.1. The molecule has 4 fully saturated rings. The Labute approximate surface area is 123 Å². The van der Waals surface area contributed by atoms with Crippen LogP contribution in [-0.4, -0.2) is 39.6 Å². The van der Waals surface area contributed by atoms with Crippen molar-refractivity contribution in [2.24, 2.45) is 11.8 Å². The lowest BCUT2D eigenvalue weighted by atomic mass is 9.70. The van der Waals surface area contributed by atoms with Gasteiger partial charge in [0, 0.05) is 35.7 Å². The highest BCUT2D eigenvalue weighted by atomic mass is 32.2. The van der Waals surface area contributed by atoms with E-state index >= 15 is 0 Å². The minimum absolute atomic E-state index is 0.0803. The van der Waals surface area contributed by atoms with E-state index in [0.29, 0.717) is 6.42 Å². The molecule has 2 saturated carbocycles. The van der Waals surface area contributed by atoms with Crippen LogP contribution in [0.5, 0.6) is 0 Å². The first-order valence-corrected chi connectivity index (χ1v) is 8.78. The molecular formula is C15H22O4S. The van der Waals surface area contributed by atoms with Crippen molar-refractivity contribution in [1.29, 1.82) is 0 Å². The minimum atomic E-state index is -1.25. The smallest absolute Gasteiger partial charge is 0.198 e. The molecule has 4 rings (SSSR count). The van der Waals surface area contributed by atoms with Crippen molar-refractivity contribution >= 4 is 17.5 Å². The van der Waals surface area contributed by atoms with Crippen LogP contribution < -0.4 is 0 Å². The zero-order valence-corrected chi connectivity index (χ0v) is 12.7. The van der Waals surface area contributed by atoms with Gasteiger partial charge in [0.25, 0.3) is 0 Å². The minimum Gasteiger partial charge on any atom is -0.363 e. The van der Waals surface area contributed by atoms with Gasteiger partial charge in [-0.2, -0.15) is 11.8 Å². The second-order valence-electron chi connectivity index (χ2n) is 6.98. The number of Topliss-reactive ketones (excluding diaryl/α,β-unsaturated/α-hetero) is 1. The first-order chi connectivity index (χ1) is 9.51. The lowest BCUT2D eigenvalue weighted by Gasteiger charge is -2.45. The molecule has 2 aliphatic carbocycles. The molecule has 2 aliphatic heterocycles. The summed E-state index contributed by atoms with van der Waals surface area (Å²) in [6, 6.07) is 0. The number of thioether (sulfide) groups is 1. The zero-order valence-electron chi connectivity index (χ0n) is 11.8. The monoisotopic (exact) mass is 298 g/mol. The molecule has 1 unspecified atom stereocenters. The first-order valence-electron chi connectivity index (χ1n) is 7.73. The van der Waals surface area contributed by atoms with Crippen molar-refractivity contribution in [3.05, 3.63) is 0 Å². The molecule has 1 N–H and O–H groups in total. The molecule has 4 nitrogen and oxygen atoms in total. The Morgan fingerprint density at radius 3 is 2.85 bits per heavy atom. The average Bonchev–Trinajstić information content (AvgIpc) is 2.93. The number of ether oxygens (including phenoxy) is 2. The highest BCUT2D eigenvalue weighted by Gasteiger charge is 2.69. The van der Waals surface area contributed by atoms with Crippen LogP contribution in [0.25, 0.3) is 0 Å². The molecule has 0 radical (unpaired) electrons. The van der Waals surface area contributed by atoms with Gasteiger partial charge in [0.15, 0.2) is 12.1 Å². The molecule has 0 aromatic carbocycles. The van der Waals surface area contributed by atoms with Crippen molar-refractivity contribution in [3.63, 3.8) is 0 Å². The maximum Gasteiger partial charge on any atom is 0.198 e. The van der Waals surface area contributed by atoms with Crippen molar-refractivity contribution in [1.82, 2.24) is 0 Å². The van der Waals surface area contributed by atoms with Gasteiger partial charge in [-0.15, -0.1) is 0 Å². The molecule has 0 spiro atoms. The summed E-state index contributed by atoms with van der Waals surface area (Å²) in [6.45, 7) is 1.81. The quantitative estimate of drug-likeness (QED) is 0.864. The third-order valence-electron chi connectivity index (χ3n) is 5.63. The van der Waals surface area contributed by atoms with Crippen molar-refractivity contribution in [2.75, 3.05) is 5.75 Å². The number of fused-ring (bicyclic) bond motifs is 2. The third-order valence-corrected chi connectivity index (χ3v) is 7.15. The Morgan fingerprint density at radius 2 is 2.10 bits per heavy atom. The van der Waals surface area contributed by atoms with Gasteiger partial charge in [0.2, 0.25) is 0 Å².